The van der Waals surface area contributed by atoms with Crippen LogP contribution in [0.5, 0.6) is 11.5 Å². The number of thioether (sulfide) groups is 1. The molecule has 0 atom stereocenters. The van der Waals surface area contributed by atoms with Gasteiger partial charge < -0.3 is 9.64 Å². The summed E-state index contributed by atoms with van der Waals surface area (Å²) in [5.74, 6) is 1.62. The van der Waals surface area contributed by atoms with Crippen LogP contribution in [0.15, 0.2) is 52.4 Å². The predicted octanol–water partition coefficient (Wildman–Crippen LogP) is 5.31. The highest BCUT2D eigenvalue weighted by atomic mass is 35.5. The van der Waals surface area contributed by atoms with Gasteiger partial charge in [-0.25, -0.2) is 0 Å². The largest absolute Gasteiger partial charge is 0.457 e. The van der Waals surface area contributed by atoms with E-state index in [1.165, 1.54) is 21.7 Å². The van der Waals surface area contributed by atoms with Crippen molar-refractivity contribution in [2.75, 3.05) is 7.05 Å². The van der Waals surface area contributed by atoms with Crippen LogP contribution in [0.25, 0.3) is 5.70 Å². The normalized spacial score (nSPS) is 16.1. The molecular formula is C18H13ClNOS. The Bertz CT molecular complexity index is 810. The lowest BCUT2D eigenvalue weighted by Crippen LogP contribution is -2.09. The molecule has 0 fully saturated rings. The number of rotatable bonds is 2. The predicted molar refractivity (Wildman–Crippen MR) is 91.8 cm³/mol. The van der Waals surface area contributed by atoms with Crippen LogP contribution in [0.2, 0.25) is 5.02 Å². The molecule has 1 aliphatic heterocycles. The first-order chi connectivity index (χ1) is 10.6. The van der Waals surface area contributed by atoms with Gasteiger partial charge in [-0.1, -0.05) is 23.4 Å². The molecule has 1 heterocycles. The molecule has 0 bridgehead atoms. The number of fused-ring (bicyclic) bond motifs is 2. The lowest BCUT2D eigenvalue weighted by atomic mass is 10.1. The number of ether oxygens (including phenoxy) is 1. The molecule has 2 nitrogen and oxygen atoms in total. The first-order valence-corrected chi connectivity index (χ1v) is 8.15. The Labute approximate surface area is 139 Å². The molecule has 4 heteroatoms. The van der Waals surface area contributed by atoms with Crippen LogP contribution in [0.1, 0.15) is 11.1 Å². The second-order valence-electron chi connectivity index (χ2n) is 5.32. The second-order valence-corrected chi connectivity index (χ2v) is 6.87. The van der Waals surface area contributed by atoms with E-state index in [1.807, 2.05) is 37.4 Å². The molecule has 109 valence electrons. The van der Waals surface area contributed by atoms with Crippen LogP contribution >= 0.6 is 23.4 Å². The van der Waals surface area contributed by atoms with Crippen LogP contribution in [0.4, 0.5) is 0 Å². The highest BCUT2D eigenvalue weighted by Gasteiger charge is 2.32. The molecule has 2 aliphatic rings. The summed E-state index contributed by atoms with van der Waals surface area (Å²) < 4.78 is 5.90. The van der Waals surface area contributed by atoms with Crippen molar-refractivity contribution in [1.82, 2.24) is 4.90 Å². The van der Waals surface area contributed by atoms with Crippen molar-refractivity contribution in [2.24, 2.45) is 0 Å². The summed E-state index contributed by atoms with van der Waals surface area (Å²) in [5.41, 5.74) is 3.76. The molecule has 0 saturated carbocycles. The fourth-order valence-electron chi connectivity index (χ4n) is 2.81. The van der Waals surface area contributed by atoms with Gasteiger partial charge in [0.2, 0.25) is 0 Å². The monoisotopic (exact) mass is 326 g/mol. The number of hydrogen-bond donors (Lipinski definition) is 0. The van der Waals surface area contributed by atoms with E-state index in [2.05, 4.69) is 17.0 Å². The van der Waals surface area contributed by atoms with E-state index in [0.29, 0.717) is 5.02 Å². The molecule has 2 aromatic rings. The quantitative estimate of drug-likeness (QED) is 0.742. The third kappa shape index (κ3) is 2.21. The van der Waals surface area contributed by atoms with E-state index in [-0.39, 0.29) is 0 Å². The van der Waals surface area contributed by atoms with Gasteiger partial charge in [0.1, 0.15) is 11.5 Å². The molecule has 0 spiro atoms. The molecule has 22 heavy (non-hydrogen) atoms. The van der Waals surface area contributed by atoms with Crippen LogP contribution < -0.4 is 4.74 Å². The Balaban J connectivity index is 1.61. The first kappa shape index (κ1) is 13.8. The van der Waals surface area contributed by atoms with E-state index >= 15 is 0 Å². The van der Waals surface area contributed by atoms with E-state index < -0.39 is 0 Å². The number of allylic oxidation sites excluding steroid dienone is 1. The lowest BCUT2D eigenvalue weighted by Gasteiger charge is -2.17. The van der Waals surface area contributed by atoms with Gasteiger partial charge >= 0.3 is 0 Å². The molecular weight excluding hydrogens is 314 g/mol. The Morgan fingerprint density at radius 2 is 1.86 bits per heavy atom. The maximum Gasteiger partial charge on any atom is 0.127 e. The topological polar surface area (TPSA) is 12.5 Å². The fraction of sp³-hybridized carbons (Fsp3) is 0.111. The standard InChI is InChI=1S/C18H13ClNOS/c1-11-20(2)18-16-8-7-15(9-12(16)10-17(18)22-11)21-14-5-3-13(19)4-6-14/h1,3-9H,10H2,2H3. The summed E-state index contributed by atoms with van der Waals surface area (Å²) in [6.45, 7) is 6.00. The van der Waals surface area contributed by atoms with E-state index in [9.17, 15) is 0 Å². The van der Waals surface area contributed by atoms with E-state index in [0.717, 1.165) is 22.9 Å². The Morgan fingerprint density at radius 3 is 2.64 bits per heavy atom. The summed E-state index contributed by atoms with van der Waals surface area (Å²) in [5, 5.41) is 1.55. The summed E-state index contributed by atoms with van der Waals surface area (Å²) >= 11 is 7.55. The summed E-state index contributed by atoms with van der Waals surface area (Å²) in [4.78, 5) is 3.38. The van der Waals surface area contributed by atoms with Gasteiger partial charge in [-0.2, -0.15) is 0 Å². The Hall–Kier alpha value is -1.84. The van der Waals surface area contributed by atoms with Crippen LogP contribution in [-0.4, -0.2) is 11.9 Å². The molecule has 1 aliphatic carbocycles. The van der Waals surface area contributed by atoms with Crippen LogP contribution in [-0.2, 0) is 6.42 Å². The second kappa shape index (κ2) is 5.11. The SMILES string of the molecule is [CH]=C1SC2=C(c3ccc(Oc4ccc(Cl)cc4)cc3C2)N1C. The average molecular weight is 327 g/mol. The lowest BCUT2D eigenvalue weighted by molar-refractivity contribution is 0.482. The third-order valence-corrected chi connectivity index (χ3v) is 5.21. The van der Waals surface area contributed by atoms with Crippen molar-refractivity contribution in [3.05, 3.63) is 75.1 Å². The smallest absolute Gasteiger partial charge is 0.127 e. The zero-order valence-corrected chi connectivity index (χ0v) is 13.5. The fourth-order valence-corrected chi connectivity index (χ4v) is 3.99. The minimum atomic E-state index is 0.704. The molecule has 1 radical (unpaired) electrons. The van der Waals surface area contributed by atoms with E-state index in [1.54, 1.807) is 11.8 Å². The molecule has 0 N–H and O–H groups in total. The van der Waals surface area contributed by atoms with Gasteiger partial charge in [0.25, 0.3) is 0 Å². The number of nitrogens with zero attached hydrogens (tertiary/aromatic N) is 1. The van der Waals surface area contributed by atoms with Crippen LogP contribution in [0.3, 0.4) is 0 Å². The molecule has 0 saturated heterocycles. The number of halogens is 1. The summed E-state index contributed by atoms with van der Waals surface area (Å²) in [6, 6.07) is 13.6. The van der Waals surface area contributed by atoms with Gasteiger partial charge in [0.15, 0.2) is 0 Å². The maximum absolute atomic E-state index is 6.00. The summed E-state index contributed by atoms with van der Waals surface area (Å²) in [6.07, 6.45) is 0.915. The van der Waals surface area contributed by atoms with Crippen molar-refractivity contribution in [2.45, 2.75) is 6.42 Å². The van der Waals surface area contributed by atoms with Gasteiger partial charge in [-0.3, -0.25) is 0 Å². The molecule has 2 aromatic carbocycles. The highest BCUT2D eigenvalue weighted by molar-refractivity contribution is 8.07. The number of benzene rings is 2. The van der Waals surface area contributed by atoms with Crippen LogP contribution in [0, 0.1) is 6.58 Å². The molecule has 0 amide bonds. The summed E-state index contributed by atoms with van der Waals surface area (Å²) in [7, 11) is 2.01. The van der Waals surface area contributed by atoms with Gasteiger partial charge in [-0.15, -0.1) is 0 Å². The maximum atomic E-state index is 6.00. The highest BCUT2D eigenvalue weighted by Crippen LogP contribution is 2.50. The zero-order chi connectivity index (χ0) is 15.3. The Morgan fingerprint density at radius 1 is 1.14 bits per heavy atom. The molecule has 4 rings (SSSR count). The average Bonchev–Trinajstić information content (AvgIpc) is 2.98. The van der Waals surface area contributed by atoms with Crippen molar-refractivity contribution >= 4 is 29.1 Å². The van der Waals surface area contributed by atoms with Crippen molar-refractivity contribution in [3.8, 4) is 11.5 Å². The third-order valence-electron chi connectivity index (χ3n) is 3.89. The minimum absolute atomic E-state index is 0.704. The zero-order valence-electron chi connectivity index (χ0n) is 12.0. The Kier molecular flexibility index (Phi) is 3.21. The minimum Gasteiger partial charge on any atom is -0.457 e. The van der Waals surface area contributed by atoms with Gasteiger partial charge in [0, 0.05) is 29.0 Å². The van der Waals surface area contributed by atoms with Crippen molar-refractivity contribution in [1.29, 1.82) is 0 Å². The van der Waals surface area contributed by atoms with Gasteiger partial charge in [-0.05, 0) is 54.6 Å². The molecule has 0 unspecified atom stereocenters. The first-order valence-electron chi connectivity index (χ1n) is 6.96. The van der Waals surface area contributed by atoms with Gasteiger partial charge in [0.05, 0.1) is 10.7 Å². The van der Waals surface area contributed by atoms with Crippen molar-refractivity contribution in [3.63, 3.8) is 0 Å². The molecule has 0 aromatic heterocycles. The van der Waals surface area contributed by atoms with Crippen molar-refractivity contribution < 1.29 is 4.74 Å². The number of hydrogen-bond acceptors (Lipinski definition) is 3. The van der Waals surface area contributed by atoms with E-state index in [4.69, 9.17) is 22.9 Å².